The first-order valence-corrected chi connectivity index (χ1v) is 6.71. The Morgan fingerprint density at radius 2 is 1.20 bits per heavy atom. The molecule has 0 spiro atoms. The summed E-state index contributed by atoms with van der Waals surface area (Å²) < 4.78 is 0. The second-order valence-corrected chi connectivity index (χ2v) is 5.28. The summed E-state index contributed by atoms with van der Waals surface area (Å²) in [5.74, 6) is 4.42. The van der Waals surface area contributed by atoms with Crippen molar-refractivity contribution in [3.63, 3.8) is 0 Å². The second kappa shape index (κ2) is 25.0. The largest absolute Gasteiger partial charge is 1.00 e. The molecule has 0 aromatic carbocycles. The Balaban J connectivity index is -0.000000108. The van der Waals surface area contributed by atoms with Gasteiger partial charge in [-0.05, 0) is 30.2 Å². The van der Waals surface area contributed by atoms with Crippen LogP contribution < -0.4 is 56.4 Å². The SMILES string of the molecule is CCC[S+](CCC)CCC.[K+].[O-][B]O.[OH-]. The maximum atomic E-state index is 8.36. The second-order valence-electron chi connectivity index (χ2n) is 2.83. The van der Waals surface area contributed by atoms with E-state index in [9.17, 15) is 0 Å². The molecule has 0 unspecified atom stereocenters. The van der Waals surface area contributed by atoms with E-state index in [2.05, 4.69) is 20.8 Å². The van der Waals surface area contributed by atoms with Crippen LogP contribution in [0.25, 0.3) is 0 Å². The number of hydrogen-bond acceptors (Lipinski definition) is 3. The Labute approximate surface area is 141 Å². The van der Waals surface area contributed by atoms with Gasteiger partial charge in [-0.25, -0.2) is 0 Å². The Morgan fingerprint density at radius 3 is 1.33 bits per heavy atom. The van der Waals surface area contributed by atoms with Gasteiger partial charge in [-0.1, -0.05) is 20.8 Å². The predicted octanol–water partition coefficient (Wildman–Crippen LogP) is -2.46. The fourth-order valence-electron chi connectivity index (χ4n) is 1.17. The van der Waals surface area contributed by atoms with Crippen molar-refractivity contribution in [2.45, 2.75) is 40.0 Å². The van der Waals surface area contributed by atoms with Gasteiger partial charge in [0.05, 0.1) is 0 Å². The van der Waals surface area contributed by atoms with Crippen molar-refractivity contribution < 1.29 is 66.9 Å². The molecular formula is C9H23BKO3S. The van der Waals surface area contributed by atoms with Crippen LogP contribution in [-0.4, -0.2) is 35.4 Å². The zero-order chi connectivity index (χ0) is 10.5. The van der Waals surface area contributed by atoms with E-state index >= 15 is 0 Å². The van der Waals surface area contributed by atoms with E-state index in [0.717, 1.165) is 10.9 Å². The van der Waals surface area contributed by atoms with E-state index in [4.69, 9.17) is 10.0 Å². The minimum Gasteiger partial charge on any atom is -0.870 e. The smallest absolute Gasteiger partial charge is 0.870 e. The van der Waals surface area contributed by atoms with E-state index in [1.807, 2.05) is 0 Å². The summed E-state index contributed by atoms with van der Waals surface area (Å²) in [6.45, 7) is 6.89. The quantitative estimate of drug-likeness (QED) is 0.425. The van der Waals surface area contributed by atoms with Crippen molar-refractivity contribution >= 4 is 18.6 Å². The molecule has 87 valence electrons. The molecule has 0 saturated carbocycles. The maximum absolute atomic E-state index is 8.36. The average molecular weight is 261 g/mol. The fraction of sp³-hybridized carbons (Fsp3) is 1.00. The molecule has 2 N–H and O–H groups in total. The molecule has 0 heterocycles. The summed E-state index contributed by atoms with van der Waals surface area (Å²) in [5.41, 5.74) is 0. The Bertz CT molecular complexity index is 77.5. The third-order valence-electron chi connectivity index (χ3n) is 1.48. The molecule has 0 saturated heterocycles. The molecule has 1 radical (unpaired) electrons. The molecule has 0 fully saturated rings. The minimum atomic E-state index is -0.250. The van der Waals surface area contributed by atoms with Gasteiger partial charge in [-0.3, -0.25) is 0 Å². The summed E-state index contributed by atoms with van der Waals surface area (Å²) >= 11 is 0. The summed E-state index contributed by atoms with van der Waals surface area (Å²) in [6, 6.07) is 0. The van der Waals surface area contributed by atoms with Gasteiger partial charge < -0.3 is 15.5 Å². The van der Waals surface area contributed by atoms with Gasteiger partial charge >= 0.3 is 51.4 Å². The van der Waals surface area contributed by atoms with Crippen molar-refractivity contribution in [2.75, 3.05) is 17.3 Å². The summed E-state index contributed by atoms with van der Waals surface area (Å²) in [7, 11) is 0.525. The zero-order valence-electron chi connectivity index (χ0n) is 10.5. The van der Waals surface area contributed by atoms with E-state index in [1.54, 1.807) is 0 Å². The van der Waals surface area contributed by atoms with Crippen LogP contribution in [0.15, 0.2) is 0 Å². The van der Waals surface area contributed by atoms with Gasteiger partial charge in [-0.15, -0.1) is 0 Å². The standard InChI is InChI=1S/C9H21S.BHO2.K.H2O/c1-4-7-10(8-5-2)9-6-3;2-1-3;;/h4-9H2,1-3H3;2H;;1H2/q+1;-1;+1;/p-1. The van der Waals surface area contributed by atoms with Crippen LogP contribution in [0.3, 0.4) is 0 Å². The van der Waals surface area contributed by atoms with Gasteiger partial charge in [0.25, 0.3) is 0 Å². The van der Waals surface area contributed by atoms with Crippen LogP contribution >= 0.6 is 0 Å². The molecule has 0 aliphatic rings. The molecule has 15 heavy (non-hydrogen) atoms. The fourth-order valence-corrected chi connectivity index (χ4v) is 3.52. The van der Waals surface area contributed by atoms with Crippen LogP contribution in [0.1, 0.15) is 40.0 Å². The molecule has 0 aromatic rings. The third-order valence-corrected chi connectivity index (χ3v) is 4.44. The summed E-state index contributed by atoms with van der Waals surface area (Å²) in [4.78, 5) is 0. The summed E-state index contributed by atoms with van der Waals surface area (Å²) in [6.07, 6.45) is 4.13. The monoisotopic (exact) mass is 261 g/mol. The van der Waals surface area contributed by atoms with Crippen molar-refractivity contribution in [1.29, 1.82) is 0 Å². The van der Waals surface area contributed by atoms with Gasteiger partial charge in [0, 0.05) is 0 Å². The van der Waals surface area contributed by atoms with Crippen molar-refractivity contribution in [3.8, 4) is 0 Å². The molecule has 0 aromatic heterocycles. The minimum absolute atomic E-state index is 0. The van der Waals surface area contributed by atoms with E-state index < -0.39 is 0 Å². The molecule has 0 amide bonds. The van der Waals surface area contributed by atoms with Gasteiger partial charge in [-0.2, -0.15) is 0 Å². The van der Waals surface area contributed by atoms with Crippen LogP contribution in [0.4, 0.5) is 0 Å². The van der Waals surface area contributed by atoms with Crippen LogP contribution in [0, 0.1) is 0 Å². The topological polar surface area (TPSA) is 73.3 Å². The average Bonchev–Trinajstić information content (AvgIpc) is 2.07. The Hall–Kier alpha value is 1.93. The molecule has 0 aliphatic heterocycles. The third kappa shape index (κ3) is 25.9. The molecule has 0 bridgehead atoms. The predicted molar refractivity (Wildman–Crippen MR) is 62.7 cm³/mol. The van der Waals surface area contributed by atoms with E-state index in [0.29, 0.717) is 0 Å². The molecule has 6 heteroatoms. The van der Waals surface area contributed by atoms with Crippen molar-refractivity contribution in [3.05, 3.63) is 0 Å². The number of rotatable bonds is 6. The van der Waals surface area contributed by atoms with Crippen molar-refractivity contribution in [1.82, 2.24) is 0 Å². The van der Waals surface area contributed by atoms with E-state index in [1.165, 1.54) is 36.5 Å². The maximum Gasteiger partial charge on any atom is 1.00 e. The van der Waals surface area contributed by atoms with Gasteiger partial charge in [0.2, 0.25) is 0 Å². The molecule has 0 atom stereocenters. The summed E-state index contributed by atoms with van der Waals surface area (Å²) in [5, 5.41) is 15.2. The Morgan fingerprint density at radius 1 is 1.00 bits per heavy atom. The molecule has 3 nitrogen and oxygen atoms in total. The van der Waals surface area contributed by atoms with E-state index in [-0.39, 0.29) is 64.5 Å². The van der Waals surface area contributed by atoms with Gasteiger partial charge in [0.15, 0.2) is 7.69 Å². The van der Waals surface area contributed by atoms with Crippen LogP contribution in [0.2, 0.25) is 0 Å². The first kappa shape index (κ1) is 25.7. The molecule has 0 rings (SSSR count). The number of hydrogen-bond donors (Lipinski definition) is 1. The van der Waals surface area contributed by atoms with Crippen LogP contribution in [0.5, 0.6) is 0 Å². The molecular weight excluding hydrogens is 238 g/mol. The zero-order valence-corrected chi connectivity index (χ0v) is 14.5. The van der Waals surface area contributed by atoms with Crippen molar-refractivity contribution in [2.24, 2.45) is 0 Å². The normalized spacial score (nSPS) is 8.13. The first-order valence-electron chi connectivity index (χ1n) is 4.98. The first-order chi connectivity index (χ1) is 6.26. The van der Waals surface area contributed by atoms with Crippen LogP contribution in [-0.2, 0) is 10.9 Å². The van der Waals surface area contributed by atoms with Gasteiger partial charge in [0.1, 0.15) is 17.3 Å². The Kier molecular flexibility index (Phi) is 42.7. The molecule has 0 aliphatic carbocycles.